The summed E-state index contributed by atoms with van der Waals surface area (Å²) in [6, 6.07) is 11.8. The van der Waals surface area contributed by atoms with Crippen molar-refractivity contribution in [2.75, 3.05) is 5.32 Å². The van der Waals surface area contributed by atoms with Crippen LogP contribution in [0.1, 0.15) is 62.2 Å². The van der Waals surface area contributed by atoms with Crippen LogP contribution in [0.5, 0.6) is 11.5 Å². The largest absolute Gasteiger partial charge is 0.491 e. The number of amides is 1. The number of hydrogen-bond acceptors (Lipinski definition) is 6. The molecular weight excluding hydrogens is 453 g/mol. The lowest BCUT2D eigenvalue weighted by molar-refractivity contribution is 0.102. The van der Waals surface area contributed by atoms with E-state index in [0.29, 0.717) is 40.3 Å². The highest BCUT2D eigenvalue weighted by Crippen LogP contribution is 2.26. The summed E-state index contributed by atoms with van der Waals surface area (Å²) in [7, 11) is 0. The molecule has 0 saturated heterocycles. The van der Waals surface area contributed by atoms with E-state index in [-0.39, 0.29) is 24.4 Å². The average Bonchev–Trinajstić information content (AvgIpc) is 3.24. The highest BCUT2D eigenvalue weighted by atomic mass is 32.1. The Kier molecular flexibility index (Phi) is 9.42. The van der Waals surface area contributed by atoms with Gasteiger partial charge in [-0.05, 0) is 45.4 Å². The van der Waals surface area contributed by atoms with E-state index in [4.69, 9.17) is 9.47 Å². The summed E-state index contributed by atoms with van der Waals surface area (Å²) < 4.78 is 25.5. The molecule has 0 aliphatic carbocycles. The van der Waals surface area contributed by atoms with E-state index < -0.39 is 0 Å². The Labute approximate surface area is 204 Å². The van der Waals surface area contributed by atoms with Gasteiger partial charge in [0.1, 0.15) is 23.9 Å². The van der Waals surface area contributed by atoms with Gasteiger partial charge in [-0.15, -0.1) is 11.3 Å². The molecule has 3 aromatic rings. The summed E-state index contributed by atoms with van der Waals surface area (Å²) in [6.07, 6.45) is 2.14. The van der Waals surface area contributed by atoms with Gasteiger partial charge in [-0.3, -0.25) is 10.1 Å². The van der Waals surface area contributed by atoms with Crippen LogP contribution in [0, 0.1) is 5.82 Å². The van der Waals surface area contributed by atoms with Crippen molar-refractivity contribution in [2.45, 2.75) is 65.8 Å². The molecule has 0 saturated carbocycles. The van der Waals surface area contributed by atoms with Gasteiger partial charge in [0, 0.05) is 35.2 Å². The summed E-state index contributed by atoms with van der Waals surface area (Å²) in [5.41, 5.74) is 1.68. The third kappa shape index (κ3) is 7.81. The van der Waals surface area contributed by atoms with E-state index in [1.165, 1.54) is 17.4 Å². The molecule has 0 bridgehead atoms. The Balaban J connectivity index is 1.70. The fourth-order valence-corrected chi connectivity index (χ4v) is 4.04. The Bertz CT molecular complexity index is 1090. The first-order chi connectivity index (χ1) is 16.3. The second-order valence-corrected chi connectivity index (χ2v) is 9.27. The molecule has 0 radical (unpaired) electrons. The summed E-state index contributed by atoms with van der Waals surface area (Å²) in [5, 5.41) is 8.74. The van der Waals surface area contributed by atoms with Crippen molar-refractivity contribution >= 4 is 22.4 Å². The fourth-order valence-electron chi connectivity index (χ4n) is 3.33. The molecule has 2 N–H and O–H groups in total. The van der Waals surface area contributed by atoms with Gasteiger partial charge < -0.3 is 14.8 Å². The molecule has 0 spiro atoms. The second kappa shape index (κ2) is 12.5. The van der Waals surface area contributed by atoms with Crippen LogP contribution in [-0.2, 0) is 13.2 Å². The smallest absolute Gasteiger partial charge is 0.257 e. The second-order valence-electron chi connectivity index (χ2n) is 8.41. The van der Waals surface area contributed by atoms with Gasteiger partial charge in [0.15, 0.2) is 5.13 Å². The lowest BCUT2D eigenvalue weighted by atomic mass is 10.2. The highest BCUT2D eigenvalue weighted by Gasteiger charge is 2.14. The number of hydrogen-bond donors (Lipinski definition) is 2. The first-order valence-corrected chi connectivity index (χ1v) is 12.4. The summed E-state index contributed by atoms with van der Waals surface area (Å²) in [6.45, 7) is 8.80. The van der Waals surface area contributed by atoms with Crippen LogP contribution in [0.25, 0.3) is 0 Å². The number of carbonyl (C=O) groups is 1. The van der Waals surface area contributed by atoms with Crippen LogP contribution in [0.4, 0.5) is 9.52 Å². The molecule has 0 aliphatic rings. The maximum absolute atomic E-state index is 14.0. The lowest BCUT2D eigenvalue weighted by Crippen LogP contribution is -2.25. The number of nitrogens with one attached hydrogen (secondary N) is 2. The topological polar surface area (TPSA) is 72.5 Å². The molecule has 1 amide bonds. The van der Waals surface area contributed by atoms with Crippen LogP contribution in [0.15, 0.2) is 47.8 Å². The van der Waals surface area contributed by atoms with Gasteiger partial charge in [0.2, 0.25) is 0 Å². The van der Waals surface area contributed by atoms with Gasteiger partial charge >= 0.3 is 0 Å². The number of carbonyl (C=O) groups excluding carboxylic acids is 1. The zero-order chi connectivity index (χ0) is 24.5. The van der Waals surface area contributed by atoms with E-state index in [0.717, 1.165) is 18.5 Å². The molecule has 2 aromatic carbocycles. The summed E-state index contributed by atoms with van der Waals surface area (Å²) >= 11 is 1.38. The Morgan fingerprint density at radius 3 is 2.65 bits per heavy atom. The van der Waals surface area contributed by atoms with Crippen molar-refractivity contribution in [1.82, 2.24) is 10.3 Å². The van der Waals surface area contributed by atoms with Gasteiger partial charge in [-0.1, -0.05) is 31.5 Å². The normalized spacial score (nSPS) is 11.9. The van der Waals surface area contributed by atoms with E-state index in [1.807, 2.05) is 19.2 Å². The first kappa shape index (κ1) is 25.6. The minimum absolute atomic E-state index is 0.0398. The number of anilines is 1. The number of thiazole rings is 1. The molecule has 1 unspecified atom stereocenters. The predicted molar refractivity (Wildman–Crippen MR) is 134 cm³/mol. The first-order valence-electron chi connectivity index (χ1n) is 11.5. The lowest BCUT2D eigenvalue weighted by Gasteiger charge is -2.14. The van der Waals surface area contributed by atoms with Crippen molar-refractivity contribution in [2.24, 2.45) is 0 Å². The quantitative estimate of drug-likeness (QED) is 0.321. The van der Waals surface area contributed by atoms with E-state index in [1.54, 1.807) is 36.4 Å². The van der Waals surface area contributed by atoms with Gasteiger partial charge in [-0.2, -0.15) is 0 Å². The molecule has 1 aromatic heterocycles. The maximum atomic E-state index is 14.0. The fraction of sp³-hybridized carbons (Fsp3) is 0.385. The number of benzene rings is 2. The van der Waals surface area contributed by atoms with Crippen molar-refractivity contribution in [3.63, 3.8) is 0 Å². The molecule has 182 valence electrons. The van der Waals surface area contributed by atoms with Crippen LogP contribution in [-0.4, -0.2) is 23.0 Å². The van der Waals surface area contributed by atoms with Crippen molar-refractivity contribution in [1.29, 1.82) is 0 Å². The minimum atomic E-state index is -0.340. The third-order valence-electron chi connectivity index (χ3n) is 4.99. The van der Waals surface area contributed by atoms with E-state index >= 15 is 0 Å². The molecule has 0 fully saturated rings. The van der Waals surface area contributed by atoms with Crippen LogP contribution < -0.4 is 20.1 Å². The monoisotopic (exact) mass is 485 g/mol. The zero-order valence-electron chi connectivity index (χ0n) is 20.1. The van der Waals surface area contributed by atoms with Crippen LogP contribution in [0.3, 0.4) is 0 Å². The molecule has 0 aliphatic heterocycles. The van der Waals surface area contributed by atoms with E-state index in [9.17, 15) is 9.18 Å². The molecular formula is C26H32FN3O3S. The average molecular weight is 486 g/mol. The number of ether oxygens (including phenoxy) is 2. The standard InChI is InChI=1S/C26H32FN3O3S/c1-5-8-18(4)28-14-21-16-34-26(29-21)30-25(31)20-11-22(13-23(12-20)33-17(2)3)32-15-19-9-6-7-10-24(19)27/h6-7,9-13,16-18,28H,5,8,14-15H2,1-4H3,(H,29,30,31). The third-order valence-corrected chi connectivity index (χ3v) is 5.80. The van der Waals surface area contributed by atoms with E-state index in [2.05, 4.69) is 29.5 Å². The highest BCUT2D eigenvalue weighted by molar-refractivity contribution is 7.14. The van der Waals surface area contributed by atoms with Crippen molar-refractivity contribution in [3.8, 4) is 11.5 Å². The molecule has 1 atom stereocenters. The molecule has 8 heteroatoms. The predicted octanol–water partition coefficient (Wildman–Crippen LogP) is 6.18. The number of aromatic nitrogens is 1. The summed E-state index contributed by atoms with van der Waals surface area (Å²) in [5.74, 6) is 0.256. The minimum Gasteiger partial charge on any atom is -0.491 e. The van der Waals surface area contributed by atoms with Crippen molar-refractivity contribution in [3.05, 3.63) is 70.5 Å². The van der Waals surface area contributed by atoms with Gasteiger partial charge in [0.25, 0.3) is 5.91 Å². The Hall–Kier alpha value is -2.97. The van der Waals surface area contributed by atoms with Crippen LogP contribution in [0.2, 0.25) is 0 Å². The van der Waals surface area contributed by atoms with Gasteiger partial charge in [0.05, 0.1) is 11.8 Å². The number of halogens is 1. The molecule has 3 rings (SSSR count). The molecule has 1 heterocycles. The SMILES string of the molecule is CCCC(C)NCc1csc(NC(=O)c2cc(OCc3ccccc3F)cc(OC(C)C)c2)n1. The zero-order valence-corrected chi connectivity index (χ0v) is 20.9. The maximum Gasteiger partial charge on any atom is 0.257 e. The molecule has 34 heavy (non-hydrogen) atoms. The van der Waals surface area contributed by atoms with Gasteiger partial charge in [-0.25, -0.2) is 9.37 Å². The summed E-state index contributed by atoms with van der Waals surface area (Å²) in [4.78, 5) is 17.5. The number of nitrogens with zero attached hydrogens (tertiary/aromatic N) is 1. The van der Waals surface area contributed by atoms with Crippen molar-refractivity contribution < 1.29 is 18.7 Å². The Morgan fingerprint density at radius 1 is 1.15 bits per heavy atom. The van der Waals surface area contributed by atoms with Crippen LogP contribution >= 0.6 is 11.3 Å². The Morgan fingerprint density at radius 2 is 1.91 bits per heavy atom. The number of rotatable bonds is 12. The molecule has 6 nitrogen and oxygen atoms in total.